The molecule has 0 unspecified atom stereocenters. The number of amides is 1. The maximum Gasteiger partial charge on any atom is 0.263 e. The normalized spacial score (nSPS) is 10.5. The van der Waals surface area contributed by atoms with Crippen molar-refractivity contribution in [2.45, 2.75) is 33.2 Å². The minimum atomic E-state index is -0.0823. The second kappa shape index (κ2) is 5.75. The fourth-order valence-electron chi connectivity index (χ4n) is 1.26. The van der Waals surface area contributed by atoms with Gasteiger partial charge in [0, 0.05) is 12.6 Å². The van der Waals surface area contributed by atoms with Crippen LogP contribution in [0.5, 0.6) is 0 Å². The van der Waals surface area contributed by atoms with Gasteiger partial charge in [0.15, 0.2) is 0 Å². The van der Waals surface area contributed by atoms with E-state index in [4.69, 9.17) is 5.73 Å². The van der Waals surface area contributed by atoms with E-state index in [2.05, 4.69) is 10.6 Å². The number of hydrogen-bond donors (Lipinski definition) is 3. The average molecular weight is 241 g/mol. The Hall–Kier alpha value is -1.23. The van der Waals surface area contributed by atoms with Gasteiger partial charge in [0.2, 0.25) is 0 Å². The van der Waals surface area contributed by atoms with Gasteiger partial charge in [0.25, 0.3) is 5.91 Å². The summed E-state index contributed by atoms with van der Waals surface area (Å²) in [6, 6.07) is 2.15. The van der Waals surface area contributed by atoms with Crippen molar-refractivity contribution >= 4 is 27.9 Å². The van der Waals surface area contributed by atoms with Crippen molar-refractivity contribution in [3.8, 4) is 0 Å². The van der Waals surface area contributed by atoms with Crippen molar-refractivity contribution in [3.05, 3.63) is 10.9 Å². The van der Waals surface area contributed by atoms with Crippen LogP contribution >= 0.6 is 11.3 Å². The molecule has 0 aliphatic rings. The lowest BCUT2D eigenvalue weighted by Crippen LogP contribution is -2.23. The van der Waals surface area contributed by atoms with E-state index in [9.17, 15) is 4.79 Å². The highest BCUT2D eigenvalue weighted by molar-refractivity contribution is 7.18. The molecule has 0 fully saturated rings. The number of nitrogens with two attached hydrogens (primary N) is 1. The predicted molar refractivity (Wildman–Crippen MR) is 70.1 cm³/mol. The van der Waals surface area contributed by atoms with E-state index in [-0.39, 0.29) is 5.91 Å². The average Bonchev–Trinajstić information content (AvgIpc) is 2.54. The van der Waals surface area contributed by atoms with E-state index in [1.807, 2.05) is 26.8 Å². The number of anilines is 2. The minimum absolute atomic E-state index is 0.0823. The highest BCUT2D eigenvalue weighted by Crippen LogP contribution is 2.29. The lowest BCUT2D eigenvalue weighted by Gasteiger charge is -2.05. The molecule has 0 spiro atoms. The van der Waals surface area contributed by atoms with Crippen molar-refractivity contribution in [2.24, 2.45) is 0 Å². The Kier molecular flexibility index (Phi) is 4.61. The molecule has 1 heterocycles. The molecule has 0 saturated carbocycles. The van der Waals surface area contributed by atoms with Gasteiger partial charge in [-0.05, 0) is 26.3 Å². The summed E-state index contributed by atoms with van der Waals surface area (Å²) in [4.78, 5) is 12.3. The molecule has 4 N–H and O–H groups in total. The molecular weight excluding hydrogens is 222 g/mol. The highest BCUT2D eigenvalue weighted by Gasteiger charge is 2.13. The number of hydrogen-bond acceptors (Lipinski definition) is 4. The van der Waals surface area contributed by atoms with Crippen LogP contribution in [0.3, 0.4) is 0 Å². The van der Waals surface area contributed by atoms with E-state index >= 15 is 0 Å². The second-order valence-corrected chi connectivity index (χ2v) is 5.00. The topological polar surface area (TPSA) is 67.2 Å². The number of carbonyl (C=O) groups excluding carboxylic acids is 1. The van der Waals surface area contributed by atoms with Gasteiger partial charge in [0.05, 0.1) is 10.7 Å². The SMILES string of the molecule is CCCNC(=O)c1sc(NC(C)C)cc1N. The first-order chi connectivity index (χ1) is 7.54. The van der Waals surface area contributed by atoms with E-state index in [0.717, 1.165) is 11.4 Å². The van der Waals surface area contributed by atoms with Crippen molar-refractivity contribution in [3.63, 3.8) is 0 Å². The quantitative estimate of drug-likeness (QED) is 0.741. The Bertz CT molecular complexity index is 360. The fraction of sp³-hybridized carbons (Fsp3) is 0.545. The molecule has 16 heavy (non-hydrogen) atoms. The van der Waals surface area contributed by atoms with E-state index in [0.29, 0.717) is 23.2 Å². The lowest BCUT2D eigenvalue weighted by molar-refractivity contribution is 0.0958. The molecule has 1 aromatic rings. The van der Waals surface area contributed by atoms with Crippen LogP contribution in [0.2, 0.25) is 0 Å². The molecule has 0 saturated heterocycles. The number of nitrogen functional groups attached to an aromatic ring is 1. The van der Waals surface area contributed by atoms with Crippen molar-refractivity contribution in [1.82, 2.24) is 5.32 Å². The summed E-state index contributed by atoms with van der Waals surface area (Å²) in [5.74, 6) is -0.0823. The first-order valence-corrected chi connectivity index (χ1v) is 6.30. The maximum absolute atomic E-state index is 11.7. The molecule has 1 amide bonds. The third kappa shape index (κ3) is 3.41. The summed E-state index contributed by atoms with van der Waals surface area (Å²) in [6.45, 7) is 6.80. The van der Waals surface area contributed by atoms with Gasteiger partial charge >= 0.3 is 0 Å². The third-order valence-electron chi connectivity index (χ3n) is 1.93. The summed E-state index contributed by atoms with van der Waals surface area (Å²) in [5.41, 5.74) is 6.34. The van der Waals surface area contributed by atoms with Crippen LogP contribution in [0.4, 0.5) is 10.7 Å². The van der Waals surface area contributed by atoms with Gasteiger partial charge < -0.3 is 16.4 Å². The van der Waals surface area contributed by atoms with Gasteiger partial charge in [-0.1, -0.05) is 6.92 Å². The first kappa shape index (κ1) is 12.8. The highest BCUT2D eigenvalue weighted by atomic mass is 32.1. The standard InChI is InChI=1S/C11H19N3OS/c1-4-5-13-11(15)10-8(12)6-9(16-10)14-7(2)3/h6-7,14H,4-5,12H2,1-3H3,(H,13,15). The summed E-state index contributed by atoms with van der Waals surface area (Å²) >= 11 is 1.40. The summed E-state index contributed by atoms with van der Waals surface area (Å²) in [7, 11) is 0. The van der Waals surface area contributed by atoms with Gasteiger partial charge in [-0.25, -0.2) is 0 Å². The first-order valence-electron chi connectivity index (χ1n) is 5.48. The molecule has 1 aromatic heterocycles. The Morgan fingerprint density at radius 3 is 2.81 bits per heavy atom. The Labute approximate surface area is 100 Å². The van der Waals surface area contributed by atoms with Crippen LogP contribution in [-0.4, -0.2) is 18.5 Å². The van der Waals surface area contributed by atoms with Crippen LogP contribution in [0.25, 0.3) is 0 Å². The minimum Gasteiger partial charge on any atom is -0.397 e. The van der Waals surface area contributed by atoms with E-state index < -0.39 is 0 Å². The van der Waals surface area contributed by atoms with Crippen molar-refractivity contribution in [2.75, 3.05) is 17.6 Å². The summed E-state index contributed by atoms with van der Waals surface area (Å²) in [6.07, 6.45) is 0.925. The maximum atomic E-state index is 11.7. The Balaban J connectivity index is 2.73. The van der Waals surface area contributed by atoms with Gasteiger partial charge in [-0.3, -0.25) is 4.79 Å². The van der Waals surface area contributed by atoms with Crippen molar-refractivity contribution in [1.29, 1.82) is 0 Å². The molecule has 0 atom stereocenters. The zero-order valence-corrected chi connectivity index (χ0v) is 10.8. The van der Waals surface area contributed by atoms with Crippen LogP contribution < -0.4 is 16.4 Å². The molecular formula is C11H19N3OS. The largest absolute Gasteiger partial charge is 0.397 e. The van der Waals surface area contributed by atoms with Gasteiger partial charge in [0.1, 0.15) is 4.88 Å². The lowest BCUT2D eigenvalue weighted by atomic mass is 10.3. The molecule has 0 aliphatic carbocycles. The number of carbonyl (C=O) groups is 1. The second-order valence-electron chi connectivity index (χ2n) is 3.95. The van der Waals surface area contributed by atoms with E-state index in [1.54, 1.807) is 0 Å². The Morgan fingerprint density at radius 1 is 1.56 bits per heavy atom. The van der Waals surface area contributed by atoms with Crippen LogP contribution in [0, 0.1) is 0 Å². The van der Waals surface area contributed by atoms with Crippen LogP contribution in [-0.2, 0) is 0 Å². The predicted octanol–water partition coefficient (Wildman–Crippen LogP) is 2.29. The molecule has 5 heteroatoms. The molecule has 4 nitrogen and oxygen atoms in total. The smallest absolute Gasteiger partial charge is 0.263 e. The molecule has 0 aliphatic heterocycles. The number of thiophene rings is 1. The molecule has 90 valence electrons. The summed E-state index contributed by atoms with van der Waals surface area (Å²) < 4.78 is 0. The van der Waals surface area contributed by atoms with Crippen molar-refractivity contribution < 1.29 is 4.79 Å². The fourth-order valence-corrected chi connectivity index (χ4v) is 2.30. The van der Waals surface area contributed by atoms with Crippen LogP contribution in [0.1, 0.15) is 36.9 Å². The molecule has 1 rings (SSSR count). The molecule has 0 aromatic carbocycles. The van der Waals surface area contributed by atoms with E-state index in [1.165, 1.54) is 11.3 Å². The van der Waals surface area contributed by atoms with Crippen LogP contribution in [0.15, 0.2) is 6.07 Å². The third-order valence-corrected chi connectivity index (χ3v) is 3.01. The number of rotatable bonds is 5. The zero-order valence-electron chi connectivity index (χ0n) is 9.96. The monoisotopic (exact) mass is 241 g/mol. The molecule has 0 bridgehead atoms. The zero-order chi connectivity index (χ0) is 12.1. The van der Waals surface area contributed by atoms with Gasteiger partial charge in [-0.2, -0.15) is 0 Å². The number of nitrogens with one attached hydrogen (secondary N) is 2. The Morgan fingerprint density at radius 2 is 2.25 bits per heavy atom. The molecule has 0 radical (unpaired) electrons. The summed E-state index contributed by atoms with van der Waals surface area (Å²) in [5, 5.41) is 6.99. The van der Waals surface area contributed by atoms with Gasteiger partial charge in [-0.15, -0.1) is 11.3 Å².